The van der Waals surface area contributed by atoms with Gasteiger partial charge in [0, 0.05) is 32.7 Å². The topological polar surface area (TPSA) is 37.2 Å². The van der Waals surface area contributed by atoms with E-state index in [1.807, 2.05) is 0 Å². The molecule has 0 aliphatic carbocycles. The summed E-state index contributed by atoms with van der Waals surface area (Å²) in [4.78, 5) is 17.2. The van der Waals surface area contributed by atoms with Gasteiger partial charge in [0.15, 0.2) is 5.56 Å². The molecule has 0 unspecified atom stereocenters. The Morgan fingerprint density at radius 2 is 2.21 bits per heavy atom. The summed E-state index contributed by atoms with van der Waals surface area (Å²) >= 11 is 0. The van der Waals surface area contributed by atoms with Crippen molar-refractivity contribution in [1.82, 2.24) is 4.98 Å². The largest absolute Gasteiger partial charge is 0.386 e. The smallest absolute Gasteiger partial charge is 0.185 e. The fourth-order valence-corrected chi connectivity index (χ4v) is 1.36. The zero-order valence-electron chi connectivity index (χ0n) is 7.66. The maximum atomic E-state index is 11.2. The molecule has 0 aliphatic heterocycles. The first-order chi connectivity index (χ1) is 6.22. The number of hydrogen-bond donors (Lipinski definition) is 1. The second-order valence-electron chi connectivity index (χ2n) is 2.92. The second-order valence-corrected chi connectivity index (χ2v) is 2.92. The number of benzene rings is 1. The van der Waals surface area contributed by atoms with Crippen LogP contribution in [0.4, 0.5) is 5.69 Å². The monoisotopic (exact) mass is 260 g/mol. The Balaban J connectivity index is 0.000000980. The third-order valence-electron chi connectivity index (χ3n) is 2.13. The van der Waals surface area contributed by atoms with E-state index in [2.05, 4.69) is 9.83 Å². The molecule has 0 saturated heterocycles. The summed E-state index contributed by atoms with van der Waals surface area (Å²) in [5, 5.41) is 0.846. The number of nitrogens with one attached hydrogen (secondary N) is 1. The van der Waals surface area contributed by atoms with E-state index < -0.39 is 0 Å². The molecule has 67 valence electrons. The molecule has 1 aromatic heterocycles. The van der Waals surface area contributed by atoms with E-state index in [9.17, 15) is 4.79 Å². The minimum atomic E-state index is -0.0721. The minimum Gasteiger partial charge on any atom is -0.386 e. The van der Waals surface area contributed by atoms with Gasteiger partial charge in [-0.05, 0) is 0 Å². The first-order valence-corrected chi connectivity index (χ1v) is 3.89. The summed E-state index contributed by atoms with van der Waals surface area (Å²) in [6, 6.07) is 5.19. The molecule has 0 saturated carbocycles. The van der Waals surface area contributed by atoms with E-state index in [4.69, 9.17) is 6.57 Å². The quantitative estimate of drug-likeness (QED) is 0.723. The second kappa shape index (κ2) is 4.12. The number of aromatic amines is 1. The van der Waals surface area contributed by atoms with Crippen molar-refractivity contribution in [3.05, 3.63) is 45.5 Å². The van der Waals surface area contributed by atoms with E-state index in [-0.39, 0.29) is 38.3 Å². The first-order valence-electron chi connectivity index (χ1n) is 3.89. The van der Waals surface area contributed by atoms with Crippen LogP contribution in [0, 0.1) is 13.5 Å². The van der Waals surface area contributed by atoms with Crippen molar-refractivity contribution in [3.8, 4) is 0 Å². The van der Waals surface area contributed by atoms with Gasteiger partial charge in [-0.3, -0.25) is 9.64 Å². The molecule has 0 aliphatic rings. The number of aryl methyl sites for hydroxylation is 1. The molecule has 0 amide bonds. The molecule has 1 heterocycles. The Labute approximate surface area is 106 Å². The minimum absolute atomic E-state index is 0. The fourth-order valence-electron chi connectivity index (χ4n) is 1.36. The molecular formula is C10H7N2OY-. The molecular weight excluding hydrogens is 253 g/mol. The van der Waals surface area contributed by atoms with Crippen LogP contribution in [0.1, 0.15) is 5.56 Å². The molecule has 1 radical (unpaired) electrons. The van der Waals surface area contributed by atoms with Crippen molar-refractivity contribution in [1.29, 1.82) is 0 Å². The predicted molar refractivity (Wildman–Crippen MR) is 51.2 cm³/mol. The van der Waals surface area contributed by atoms with Gasteiger partial charge in [0.2, 0.25) is 0 Å². The van der Waals surface area contributed by atoms with Crippen molar-refractivity contribution in [2.75, 3.05) is 0 Å². The van der Waals surface area contributed by atoms with Gasteiger partial charge in [-0.1, -0.05) is 24.1 Å². The van der Waals surface area contributed by atoms with Gasteiger partial charge in [0.05, 0.1) is 6.57 Å². The van der Waals surface area contributed by atoms with Crippen molar-refractivity contribution >= 4 is 16.6 Å². The van der Waals surface area contributed by atoms with Crippen molar-refractivity contribution in [2.45, 2.75) is 6.92 Å². The van der Waals surface area contributed by atoms with Crippen molar-refractivity contribution < 1.29 is 32.7 Å². The average molecular weight is 260 g/mol. The van der Waals surface area contributed by atoms with Gasteiger partial charge >= 0.3 is 0 Å². The van der Waals surface area contributed by atoms with E-state index in [0.717, 1.165) is 10.9 Å². The van der Waals surface area contributed by atoms with Gasteiger partial charge in [-0.25, -0.2) is 0 Å². The van der Waals surface area contributed by atoms with Gasteiger partial charge in [-0.2, -0.15) is 11.5 Å². The molecule has 4 heteroatoms. The summed E-state index contributed by atoms with van der Waals surface area (Å²) in [6.07, 6.45) is 0. The van der Waals surface area contributed by atoms with Crippen LogP contribution >= 0.6 is 0 Å². The zero-order chi connectivity index (χ0) is 9.42. The van der Waals surface area contributed by atoms with Crippen molar-refractivity contribution in [3.63, 3.8) is 0 Å². The third-order valence-corrected chi connectivity index (χ3v) is 2.13. The van der Waals surface area contributed by atoms with Gasteiger partial charge in [0.25, 0.3) is 0 Å². The molecule has 14 heavy (non-hydrogen) atoms. The number of H-pyrrole nitrogens is 1. The number of nitrogens with zero attached hydrogens (tertiary/aromatic N) is 1. The first kappa shape index (κ1) is 11.2. The van der Waals surface area contributed by atoms with E-state index >= 15 is 0 Å². The average Bonchev–Trinajstić information content (AvgIpc) is 2.43. The maximum absolute atomic E-state index is 11.2. The number of hydrogen-bond acceptors (Lipinski definition) is 1. The van der Waals surface area contributed by atoms with Crippen LogP contribution in [0.15, 0.2) is 23.0 Å². The Hall–Kier alpha value is -0.846. The standard InChI is InChI=1S/C10H7N2O.Y/c1-6-8-5-7(11-2)3-4-9(8)12-10(6)13;/h3-5H,1H3,(H,12,13);/q-1;. The van der Waals surface area contributed by atoms with Crippen LogP contribution in [-0.4, -0.2) is 4.98 Å². The van der Waals surface area contributed by atoms with E-state index in [1.54, 1.807) is 25.1 Å². The third kappa shape index (κ3) is 1.68. The summed E-state index contributed by atoms with van der Waals surface area (Å²) in [6.45, 7) is 8.59. The van der Waals surface area contributed by atoms with E-state index in [0.29, 0.717) is 11.3 Å². The molecule has 0 bridgehead atoms. The Bertz CT molecular complexity index is 559. The molecule has 0 fully saturated rings. The molecule has 2 rings (SSSR count). The summed E-state index contributed by atoms with van der Waals surface area (Å²) < 4.78 is 0. The Morgan fingerprint density at radius 3 is 2.86 bits per heavy atom. The van der Waals surface area contributed by atoms with Crippen LogP contribution in [-0.2, 0) is 32.7 Å². The molecule has 1 aromatic carbocycles. The van der Waals surface area contributed by atoms with Crippen LogP contribution in [0.5, 0.6) is 0 Å². The molecule has 3 nitrogen and oxygen atoms in total. The van der Waals surface area contributed by atoms with Crippen LogP contribution in [0.3, 0.4) is 0 Å². The molecule has 1 N–H and O–H groups in total. The maximum Gasteiger partial charge on any atom is 0.185 e. The van der Waals surface area contributed by atoms with Gasteiger partial charge in [-0.15, -0.1) is 6.07 Å². The number of fused-ring (bicyclic) bond motifs is 1. The zero-order valence-corrected chi connectivity index (χ0v) is 10.5. The molecule has 0 atom stereocenters. The molecule has 2 aromatic rings. The van der Waals surface area contributed by atoms with Gasteiger partial charge in [0.1, 0.15) is 5.69 Å². The number of aromatic nitrogens is 1. The van der Waals surface area contributed by atoms with Crippen LogP contribution in [0.2, 0.25) is 0 Å². The summed E-state index contributed by atoms with van der Waals surface area (Å²) in [5.74, 6) is 0. The normalized spacial score (nSPS) is 9.43. The van der Waals surface area contributed by atoms with Gasteiger partial charge < -0.3 is 4.98 Å². The fraction of sp³-hybridized carbons (Fsp3) is 0.100. The summed E-state index contributed by atoms with van der Waals surface area (Å²) in [5.41, 5.74) is 1.97. The van der Waals surface area contributed by atoms with Crippen LogP contribution in [0.25, 0.3) is 15.7 Å². The number of rotatable bonds is 0. The van der Waals surface area contributed by atoms with Crippen LogP contribution < -0.4 is 5.56 Å². The Morgan fingerprint density at radius 1 is 1.50 bits per heavy atom. The van der Waals surface area contributed by atoms with Crippen molar-refractivity contribution in [2.24, 2.45) is 0 Å². The molecule has 0 spiro atoms. The predicted octanol–water partition coefficient (Wildman–Crippen LogP) is 2.10. The Kier molecular flexibility index (Phi) is 3.31. The van der Waals surface area contributed by atoms with E-state index in [1.165, 1.54) is 0 Å². The summed E-state index contributed by atoms with van der Waals surface area (Å²) in [7, 11) is 0. The SMILES string of the molecule is [C-]#[N+]c1ccc2[nH]c(=O)[c-](C)c2c1.[Y].